The van der Waals surface area contributed by atoms with E-state index in [0.29, 0.717) is 33.1 Å². The minimum Gasteiger partial charge on any atom is -0.462 e. The quantitative estimate of drug-likeness (QED) is 0.0882. The van der Waals surface area contributed by atoms with Crippen molar-refractivity contribution in [2.24, 2.45) is 4.99 Å². The monoisotopic (exact) mass is 555 g/mol. The van der Waals surface area contributed by atoms with Gasteiger partial charge in [-0.1, -0.05) is 47.2 Å². The zero-order chi connectivity index (χ0) is 26.4. The molecule has 1 N–H and O–H groups in total. The molecule has 7 nitrogen and oxygen atoms in total. The second kappa shape index (κ2) is 12.1. The Labute approximate surface area is 227 Å². The number of aromatic nitrogens is 2. The van der Waals surface area contributed by atoms with Crippen molar-refractivity contribution >= 4 is 58.6 Å². The van der Waals surface area contributed by atoms with Gasteiger partial charge in [-0.25, -0.2) is 14.2 Å². The van der Waals surface area contributed by atoms with Crippen LogP contribution in [0.25, 0.3) is 5.69 Å². The first-order valence-electron chi connectivity index (χ1n) is 11.3. The van der Waals surface area contributed by atoms with E-state index in [9.17, 15) is 9.18 Å². The highest BCUT2D eigenvalue weighted by Gasteiger charge is 2.23. The van der Waals surface area contributed by atoms with E-state index in [0.717, 1.165) is 22.6 Å². The van der Waals surface area contributed by atoms with E-state index in [1.807, 2.05) is 48.3 Å². The lowest BCUT2D eigenvalue weighted by atomic mass is 10.2. The fourth-order valence-electron chi connectivity index (χ4n) is 3.42. The number of pyridine rings is 1. The van der Waals surface area contributed by atoms with Crippen molar-refractivity contribution in [3.8, 4) is 5.69 Å². The van der Waals surface area contributed by atoms with E-state index >= 15 is 0 Å². The molecule has 0 unspecified atom stereocenters. The number of esters is 1. The molecule has 0 saturated carbocycles. The number of rotatable bonds is 7. The molecule has 0 amide bonds. The average molecular weight is 556 g/mol. The number of thiazole rings is 1. The zero-order valence-corrected chi connectivity index (χ0v) is 22.4. The summed E-state index contributed by atoms with van der Waals surface area (Å²) in [5.41, 5.74) is 2.25. The molecule has 4 rings (SSSR count). The number of anilines is 1. The molecule has 4 aromatic rings. The SMILES string of the molecule is CCOC(=O)c1sc(=S)n(-c2ccccc2)c1/N=C(\Nc1ccc(F)cc1)N(C)Cc1ccc(Cl)nc1. The smallest absolute Gasteiger partial charge is 0.352 e. The van der Waals surface area contributed by atoms with Gasteiger partial charge in [-0.05, 0) is 67.2 Å². The molecule has 2 aromatic carbocycles. The topological polar surface area (TPSA) is 71.8 Å². The second-order valence-electron chi connectivity index (χ2n) is 7.82. The third-order valence-electron chi connectivity index (χ3n) is 5.14. The number of nitrogens with one attached hydrogen (secondary N) is 1. The minimum atomic E-state index is -0.516. The Bertz CT molecular complexity index is 1460. The van der Waals surface area contributed by atoms with E-state index in [4.69, 9.17) is 33.5 Å². The fraction of sp³-hybridized carbons (Fsp3) is 0.154. The van der Waals surface area contributed by atoms with Crippen molar-refractivity contribution in [3.63, 3.8) is 0 Å². The Hall–Kier alpha value is -3.60. The first-order valence-corrected chi connectivity index (χ1v) is 12.9. The molecule has 0 aliphatic carbocycles. The van der Waals surface area contributed by atoms with Crippen LogP contribution in [0.2, 0.25) is 5.15 Å². The van der Waals surface area contributed by atoms with Gasteiger partial charge < -0.3 is 15.0 Å². The summed E-state index contributed by atoms with van der Waals surface area (Å²) in [4.78, 5) is 24.0. The molecule has 0 aliphatic rings. The predicted octanol–water partition coefficient (Wildman–Crippen LogP) is 6.86. The molecule has 37 heavy (non-hydrogen) atoms. The lowest BCUT2D eigenvalue weighted by Crippen LogP contribution is -2.32. The third-order valence-corrected chi connectivity index (χ3v) is 6.71. The van der Waals surface area contributed by atoms with Crippen molar-refractivity contribution in [2.75, 3.05) is 19.0 Å². The van der Waals surface area contributed by atoms with E-state index in [1.54, 1.807) is 35.9 Å². The van der Waals surface area contributed by atoms with Crippen LogP contribution in [-0.4, -0.2) is 40.0 Å². The summed E-state index contributed by atoms with van der Waals surface area (Å²) in [6.07, 6.45) is 1.68. The standard InChI is InChI=1S/C26H23ClFN5O2S2/c1-3-35-24(34)22-23(33(26(36)37-22)20-7-5-4-6-8-20)31-25(30-19-12-10-18(28)11-13-19)32(2)16-17-9-14-21(27)29-15-17/h4-15H,3,16H2,1-2H3,(H,30,31). The molecule has 0 bridgehead atoms. The summed E-state index contributed by atoms with van der Waals surface area (Å²) in [6.45, 7) is 2.37. The van der Waals surface area contributed by atoms with E-state index < -0.39 is 5.97 Å². The number of ether oxygens (including phenoxy) is 1. The number of carbonyl (C=O) groups excluding carboxylic acids is 1. The Morgan fingerprint density at radius 1 is 1.19 bits per heavy atom. The van der Waals surface area contributed by atoms with Gasteiger partial charge in [0.25, 0.3) is 0 Å². The fourth-order valence-corrected chi connectivity index (χ4v) is 4.80. The van der Waals surface area contributed by atoms with Gasteiger partial charge in [-0.15, -0.1) is 0 Å². The molecule has 0 radical (unpaired) electrons. The Morgan fingerprint density at radius 2 is 1.92 bits per heavy atom. The summed E-state index contributed by atoms with van der Waals surface area (Å²) in [5.74, 6) is -0.155. The highest BCUT2D eigenvalue weighted by molar-refractivity contribution is 7.73. The van der Waals surface area contributed by atoms with Crippen LogP contribution in [0, 0.1) is 9.77 Å². The van der Waals surface area contributed by atoms with Crippen LogP contribution in [0.4, 0.5) is 15.9 Å². The van der Waals surface area contributed by atoms with Crippen LogP contribution < -0.4 is 5.32 Å². The average Bonchev–Trinajstić information content (AvgIpc) is 3.22. The van der Waals surface area contributed by atoms with Gasteiger partial charge in [0.2, 0.25) is 5.96 Å². The predicted molar refractivity (Wildman–Crippen MR) is 148 cm³/mol. The summed E-state index contributed by atoms with van der Waals surface area (Å²) < 4.78 is 21.0. The molecule has 0 saturated heterocycles. The molecular formula is C26H23ClFN5O2S2. The number of halogens is 2. The van der Waals surface area contributed by atoms with Crippen molar-refractivity contribution in [2.45, 2.75) is 13.5 Å². The molecule has 0 atom stereocenters. The zero-order valence-electron chi connectivity index (χ0n) is 20.0. The van der Waals surface area contributed by atoms with Crippen molar-refractivity contribution < 1.29 is 13.9 Å². The molecule has 2 heterocycles. The second-order valence-corrected chi connectivity index (χ2v) is 9.86. The van der Waals surface area contributed by atoms with Crippen LogP contribution in [-0.2, 0) is 11.3 Å². The molecule has 2 aromatic heterocycles. The first-order chi connectivity index (χ1) is 17.9. The van der Waals surface area contributed by atoms with Crippen LogP contribution in [0.15, 0.2) is 77.9 Å². The summed E-state index contributed by atoms with van der Waals surface area (Å²) in [5, 5.41) is 3.63. The number of nitrogens with zero attached hydrogens (tertiary/aromatic N) is 4. The molecule has 0 fully saturated rings. The van der Waals surface area contributed by atoms with Crippen LogP contribution in [0.5, 0.6) is 0 Å². The molecule has 190 valence electrons. The van der Waals surface area contributed by atoms with Crippen molar-refractivity contribution in [1.29, 1.82) is 0 Å². The molecule has 0 aliphatic heterocycles. The maximum Gasteiger partial charge on any atom is 0.352 e. The van der Waals surface area contributed by atoms with Gasteiger partial charge >= 0.3 is 5.97 Å². The largest absolute Gasteiger partial charge is 0.462 e. The summed E-state index contributed by atoms with van der Waals surface area (Å²) in [6, 6.07) is 18.9. The first kappa shape index (κ1) is 26.5. The number of carbonyl (C=O) groups is 1. The van der Waals surface area contributed by atoms with Crippen LogP contribution in [0.1, 0.15) is 22.2 Å². The summed E-state index contributed by atoms with van der Waals surface area (Å²) >= 11 is 12.7. The number of hydrogen-bond donors (Lipinski definition) is 1. The van der Waals surface area contributed by atoms with Gasteiger partial charge in [0.1, 0.15) is 11.0 Å². The molecule has 0 spiro atoms. The van der Waals surface area contributed by atoms with Gasteiger partial charge in [-0.2, -0.15) is 4.99 Å². The number of para-hydroxylation sites is 1. The number of hydrogen-bond acceptors (Lipinski definition) is 6. The van der Waals surface area contributed by atoms with Crippen LogP contribution in [0.3, 0.4) is 0 Å². The van der Waals surface area contributed by atoms with Crippen molar-refractivity contribution in [3.05, 3.63) is 98.3 Å². The Kier molecular flexibility index (Phi) is 8.65. The highest BCUT2D eigenvalue weighted by Crippen LogP contribution is 2.32. The van der Waals surface area contributed by atoms with E-state index in [-0.39, 0.29) is 17.3 Å². The normalized spacial score (nSPS) is 11.3. The minimum absolute atomic E-state index is 0.210. The van der Waals surface area contributed by atoms with Crippen molar-refractivity contribution in [1.82, 2.24) is 14.5 Å². The lowest BCUT2D eigenvalue weighted by Gasteiger charge is -2.23. The lowest BCUT2D eigenvalue weighted by molar-refractivity contribution is 0.0532. The molecule has 11 heteroatoms. The van der Waals surface area contributed by atoms with Crippen LogP contribution >= 0.6 is 35.2 Å². The molecular weight excluding hydrogens is 533 g/mol. The number of aliphatic imine (C=N–C) groups is 1. The van der Waals surface area contributed by atoms with Gasteiger partial charge in [0.15, 0.2) is 14.6 Å². The van der Waals surface area contributed by atoms with Gasteiger partial charge in [-0.3, -0.25) is 4.57 Å². The van der Waals surface area contributed by atoms with E-state index in [1.165, 1.54) is 12.1 Å². The number of benzene rings is 2. The maximum absolute atomic E-state index is 13.6. The Balaban J connectivity index is 1.85. The maximum atomic E-state index is 13.6. The Morgan fingerprint density at radius 3 is 2.57 bits per heavy atom. The van der Waals surface area contributed by atoms with E-state index in [2.05, 4.69) is 10.3 Å². The van der Waals surface area contributed by atoms with Gasteiger partial charge in [0.05, 0.1) is 6.61 Å². The van der Waals surface area contributed by atoms with Gasteiger partial charge in [0, 0.05) is 31.2 Å². The summed E-state index contributed by atoms with van der Waals surface area (Å²) in [7, 11) is 1.84. The number of guanidine groups is 1. The third kappa shape index (κ3) is 6.59. The highest BCUT2D eigenvalue weighted by atomic mass is 35.5.